The molecule has 2 rings (SSSR count). The Hall–Kier alpha value is -1.59. The predicted molar refractivity (Wildman–Crippen MR) is 105 cm³/mol. The largest absolute Gasteiger partial charge is 0.379 e. The maximum Gasteiger partial charge on any atom is 0.191 e. The molecule has 25 heavy (non-hydrogen) atoms. The quantitative estimate of drug-likeness (QED) is 0.410. The number of ether oxygens (including phenoxy) is 1. The van der Waals surface area contributed by atoms with Crippen LogP contribution in [0.3, 0.4) is 0 Å². The Labute approximate surface area is 152 Å². The van der Waals surface area contributed by atoms with E-state index in [1.807, 2.05) is 0 Å². The fourth-order valence-corrected chi connectivity index (χ4v) is 3.01. The molecule has 1 unspecified atom stereocenters. The Kier molecular flexibility index (Phi) is 9.37. The van der Waals surface area contributed by atoms with Crippen LogP contribution in [0.2, 0.25) is 0 Å². The molecule has 1 aliphatic heterocycles. The van der Waals surface area contributed by atoms with Crippen molar-refractivity contribution in [2.75, 3.05) is 52.5 Å². The van der Waals surface area contributed by atoms with Gasteiger partial charge in [-0.15, -0.1) is 0 Å². The van der Waals surface area contributed by atoms with E-state index in [0.29, 0.717) is 5.92 Å². The summed E-state index contributed by atoms with van der Waals surface area (Å²) in [6.45, 7) is 12.0. The highest BCUT2D eigenvalue weighted by Crippen LogP contribution is 2.17. The van der Waals surface area contributed by atoms with Gasteiger partial charge in [0.1, 0.15) is 0 Å². The SMILES string of the molecule is CCNC(=NCCCN1CCOCC1)NCCC(C)c1ccccc1. The molecule has 0 bridgehead atoms. The van der Waals surface area contributed by atoms with Crippen LogP contribution in [0.5, 0.6) is 0 Å². The topological polar surface area (TPSA) is 48.9 Å². The number of guanidine groups is 1. The Morgan fingerprint density at radius 1 is 1.20 bits per heavy atom. The van der Waals surface area contributed by atoms with Crippen molar-refractivity contribution >= 4 is 5.96 Å². The van der Waals surface area contributed by atoms with Crippen LogP contribution in [0.25, 0.3) is 0 Å². The first-order valence-corrected chi connectivity index (χ1v) is 9.67. The second-order valence-electron chi connectivity index (χ2n) is 6.60. The molecular formula is C20H34N4O. The molecule has 1 aliphatic rings. The third-order valence-electron chi connectivity index (χ3n) is 4.59. The summed E-state index contributed by atoms with van der Waals surface area (Å²) in [7, 11) is 0. The van der Waals surface area contributed by atoms with Gasteiger partial charge in [-0.2, -0.15) is 0 Å². The molecule has 0 amide bonds. The number of rotatable bonds is 9. The van der Waals surface area contributed by atoms with E-state index in [1.165, 1.54) is 5.56 Å². The van der Waals surface area contributed by atoms with E-state index in [9.17, 15) is 0 Å². The van der Waals surface area contributed by atoms with Crippen LogP contribution in [0.15, 0.2) is 35.3 Å². The number of nitrogens with zero attached hydrogens (tertiary/aromatic N) is 2. The molecule has 1 heterocycles. The van der Waals surface area contributed by atoms with E-state index in [2.05, 4.69) is 59.7 Å². The molecule has 0 aromatic heterocycles. The Balaban J connectivity index is 1.66. The Bertz CT molecular complexity index is 486. The zero-order valence-electron chi connectivity index (χ0n) is 15.8. The summed E-state index contributed by atoms with van der Waals surface area (Å²) in [4.78, 5) is 7.16. The van der Waals surface area contributed by atoms with Gasteiger partial charge >= 0.3 is 0 Å². The van der Waals surface area contributed by atoms with Crippen LogP contribution in [-0.4, -0.2) is 63.3 Å². The van der Waals surface area contributed by atoms with E-state index in [-0.39, 0.29) is 0 Å². The molecule has 1 atom stereocenters. The van der Waals surface area contributed by atoms with Gasteiger partial charge in [0.05, 0.1) is 13.2 Å². The summed E-state index contributed by atoms with van der Waals surface area (Å²) >= 11 is 0. The average Bonchev–Trinajstić information content (AvgIpc) is 2.66. The van der Waals surface area contributed by atoms with Crippen molar-refractivity contribution in [3.8, 4) is 0 Å². The summed E-state index contributed by atoms with van der Waals surface area (Å²) in [5.41, 5.74) is 1.40. The summed E-state index contributed by atoms with van der Waals surface area (Å²) in [6, 6.07) is 10.7. The number of hydrogen-bond donors (Lipinski definition) is 2. The lowest BCUT2D eigenvalue weighted by atomic mass is 9.98. The monoisotopic (exact) mass is 346 g/mol. The summed E-state index contributed by atoms with van der Waals surface area (Å²) in [6.07, 6.45) is 2.19. The number of nitrogens with one attached hydrogen (secondary N) is 2. The van der Waals surface area contributed by atoms with Crippen LogP contribution in [0.4, 0.5) is 0 Å². The number of morpholine rings is 1. The van der Waals surface area contributed by atoms with Crippen molar-refractivity contribution < 1.29 is 4.74 Å². The van der Waals surface area contributed by atoms with Crippen molar-refractivity contribution in [2.24, 2.45) is 4.99 Å². The first kappa shape index (κ1) is 19.7. The molecule has 1 aromatic carbocycles. The van der Waals surface area contributed by atoms with Gasteiger partial charge in [0.25, 0.3) is 0 Å². The number of aliphatic imine (C=N–C) groups is 1. The van der Waals surface area contributed by atoms with Crippen LogP contribution < -0.4 is 10.6 Å². The van der Waals surface area contributed by atoms with Crippen molar-refractivity contribution in [1.29, 1.82) is 0 Å². The molecule has 0 spiro atoms. The second-order valence-corrected chi connectivity index (χ2v) is 6.60. The van der Waals surface area contributed by atoms with Crippen LogP contribution in [0.1, 0.15) is 38.2 Å². The van der Waals surface area contributed by atoms with Gasteiger partial charge in [0.15, 0.2) is 5.96 Å². The van der Waals surface area contributed by atoms with Gasteiger partial charge in [-0.25, -0.2) is 0 Å². The standard InChI is InChI=1S/C20H34N4O/c1-3-21-20(22-11-7-13-24-14-16-25-17-15-24)23-12-10-18(2)19-8-5-4-6-9-19/h4-6,8-9,18H,3,7,10-17H2,1-2H3,(H2,21,22,23). The van der Waals surface area contributed by atoms with Gasteiger partial charge in [-0.1, -0.05) is 37.3 Å². The average molecular weight is 347 g/mol. The molecule has 0 aliphatic carbocycles. The third-order valence-corrected chi connectivity index (χ3v) is 4.59. The fraction of sp³-hybridized carbons (Fsp3) is 0.650. The summed E-state index contributed by atoms with van der Waals surface area (Å²) < 4.78 is 5.38. The number of benzene rings is 1. The summed E-state index contributed by atoms with van der Waals surface area (Å²) in [5.74, 6) is 1.49. The van der Waals surface area contributed by atoms with E-state index < -0.39 is 0 Å². The highest BCUT2D eigenvalue weighted by molar-refractivity contribution is 5.79. The minimum atomic E-state index is 0.554. The molecule has 0 radical (unpaired) electrons. The molecular weight excluding hydrogens is 312 g/mol. The van der Waals surface area contributed by atoms with E-state index in [4.69, 9.17) is 9.73 Å². The highest BCUT2D eigenvalue weighted by atomic mass is 16.5. The zero-order valence-corrected chi connectivity index (χ0v) is 15.8. The fourth-order valence-electron chi connectivity index (χ4n) is 3.01. The van der Waals surface area contributed by atoms with E-state index in [0.717, 1.165) is 71.3 Å². The minimum absolute atomic E-state index is 0.554. The van der Waals surface area contributed by atoms with Crippen molar-refractivity contribution in [1.82, 2.24) is 15.5 Å². The van der Waals surface area contributed by atoms with Crippen molar-refractivity contribution in [3.63, 3.8) is 0 Å². The number of hydrogen-bond acceptors (Lipinski definition) is 3. The van der Waals surface area contributed by atoms with Crippen LogP contribution in [-0.2, 0) is 4.74 Å². The van der Waals surface area contributed by atoms with Gasteiger partial charge in [-0.05, 0) is 31.2 Å². The van der Waals surface area contributed by atoms with E-state index >= 15 is 0 Å². The molecule has 0 saturated carbocycles. The van der Waals surface area contributed by atoms with Crippen molar-refractivity contribution in [2.45, 2.75) is 32.6 Å². The van der Waals surface area contributed by atoms with Crippen LogP contribution in [0, 0.1) is 0 Å². The maximum absolute atomic E-state index is 5.38. The summed E-state index contributed by atoms with van der Waals surface area (Å²) in [5, 5.41) is 6.80. The molecule has 1 fully saturated rings. The van der Waals surface area contributed by atoms with Gasteiger partial charge < -0.3 is 15.4 Å². The molecule has 140 valence electrons. The maximum atomic E-state index is 5.38. The third kappa shape index (κ3) is 7.88. The first-order chi connectivity index (χ1) is 12.3. The van der Waals surface area contributed by atoms with Gasteiger partial charge in [-0.3, -0.25) is 9.89 Å². The first-order valence-electron chi connectivity index (χ1n) is 9.67. The Morgan fingerprint density at radius 2 is 1.96 bits per heavy atom. The van der Waals surface area contributed by atoms with Crippen LogP contribution >= 0.6 is 0 Å². The highest BCUT2D eigenvalue weighted by Gasteiger charge is 2.09. The molecule has 2 N–H and O–H groups in total. The van der Waals surface area contributed by atoms with E-state index in [1.54, 1.807) is 0 Å². The second kappa shape index (κ2) is 11.9. The molecule has 1 aromatic rings. The predicted octanol–water partition coefficient (Wildman–Crippen LogP) is 2.46. The smallest absolute Gasteiger partial charge is 0.191 e. The normalized spacial score (nSPS) is 17.3. The molecule has 5 heteroatoms. The zero-order chi connectivity index (χ0) is 17.7. The lowest BCUT2D eigenvalue weighted by Crippen LogP contribution is -2.39. The Morgan fingerprint density at radius 3 is 2.68 bits per heavy atom. The van der Waals surface area contributed by atoms with Gasteiger partial charge in [0.2, 0.25) is 0 Å². The lowest BCUT2D eigenvalue weighted by molar-refractivity contribution is 0.0377. The lowest BCUT2D eigenvalue weighted by Gasteiger charge is -2.26. The van der Waals surface area contributed by atoms with Gasteiger partial charge in [0, 0.05) is 39.3 Å². The minimum Gasteiger partial charge on any atom is -0.379 e. The molecule has 1 saturated heterocycles. The molecule has 5 nitrogen and oxygen atoms in total. The van der Waals surface area contributed by atoms with Crippen molar-refractivity contribution in [3.05, 3.63) is 35.9 Å².